The van der Waals surface area contributed by atoms with Crippen molar-refractivity contribution in [3.8, 4) is 0 Å². The van der Waals surface area contributed by atoms with E-state index in [1.54, 1.807) is 0 Å². The number of esters is 1. The van der Waals surface area contributed by atoms with Crippen molar-refractivity contribution < 1.29 is 14.3 Å². The van der Waals surface area contributed by atoms with E-state index >= 15 is 0 Å². The first-order valence-corrected chi connectivity index (χ1v) is 4.27. The van der Waals surface area contributed by atoms with E-state index in [-0.39, 0.29) is 24.3 Å². The van der Waals surface area contributed by atoms with Gasteiger partial charge in [-0.2, -0.15) is 0 Å². The molecule has 0 N–H and O–H groups in total. The van der Waals surface area contributed by atoms with E-state index in [0.29, 0.717) is 0 Å². The summed E-state index contributed by atoms with van der Waals surface area (Å²) in [7, 11) is 0. The van der Waals surface area contributed by atoms with Crippen LogP contribution in [0.1, 0.15) is 33.6 Å². The first-order chi connectivity index (χ1) is 5.61. The van der Waals surface area contributed by atoms with Gasteiger partial charge < -0.3 is 4.74 Å². The number of hydrogen-bond donors (Lipinski definition) is 0. The Labute approximate surface area is 73.1 Å². The molecule has 0 aromatic heterocycles. The predicted octanol–water partition coefficient (Wildman–Crippen LogP) is 1.55. The van der Waals surface area contributed by atoms with Gasteiger partial charge in [-0.15, -0.1) is 0 Å². The molecule has 0 aromatic rings. The summed E-state index contributed by atoms with van der Waals surface area (Å²) in [5.41, 5.74) is 0. The first-order valence-electron chi connectivity index (χ1n) is 4.27. The van der Waals surface area contributed by atoms with Crippen LogP contribution in [0.4, 0.5) is 0 Å². The van der Waals surface area contributed by atoms with Gasteiger partial charge in [0, 0.05) is 0 Å². The lowest BCUT2D eigenvalue weighted by Crippen LogP contribution is -2.19. The van der Waals surface area contributed by atoms with Crippen molar-refractivity contribution in [1.29, 1.82) is 0 Å². The summed E-state index contributed by atoms with van der Waals surface area (Å²) < 4.78 is 4.76. The first kappa shape index (κ1) is 11.1. The highest BCUT2D eigenvalue weighted by molar-refractivity contribution is 5.80. The zero-order valence-corrected chi connectivity index (χ0v) is 7.92. The van der Waals surface area contributed by atoms with Gasteiger partial charge in [0.2, 0.25) is 0 Å². The Balaban J connectivity index is 3.77. The van der Waals surface area contributed by atoms with Crippen LogP contribution in [-0.2, 0) is 14.3 Å². The van der Waals surface area contributed by atoms with Gasteiger partial charge in [-0.3, -0.25) is 9.59 Å². The van der Waals surface area contributed by atoms with Crippen LogP contribution in [-0.4, -0.2) is 18.4 Å². The van der Waals surface area contributed by atoms with Gasteiger partial charge in [0.15, 0.2) is 5.78 Å². The quantitative estimate of drug-likeness (QED) is 0.591. The van der Waals surface area contributed by atoms with Gasteiger partial charge in [0.25, 0.3) is 0 Å². The maximum absolute atomic E-state index is 11.1. The second-order valence-corrected chi connectivity index (χ2v) is 2.82. The zero-order valence-electron chi connectivity index (χ0n) is 7.92. The molecule has 0 rings (SSSR count). The van der Waals surface area contributed by atoms with E-state index in [1.807, 2.05) is 13.8 Å². The fraction of sp³-hybridized carbons (Fsp3) is 0.778. The monoisotopic (exact) mass is 172 g/mol. The number of hydrogen-bond acceptors (Lipinski definition) is 3. The molecular formula is C9H16O3. The van der Waals surface area contributed by atoms with Crippen molar-refractivity contribution in [2.24, 2.45) is 5.92 Å². The van der Waals surface area contributed by atoms with Crippen molar-refractivity contribution in [3.63, 3.8) is 0 Å². The molecule has 0 aromatic carbocycles. The van der Waals surface area contributed by atoms with E-state index in [0.717, 1.165) is 12.8 Å². The summed E-state index contributed by atoms with van der Waals surface area (Å²) in [6.07, 6.45) is 1.54. The van der Waals surface area contributed by atoms with Crippen molar-refractivity contribution in [1.82, 2.24) is 0 Å². The normalized spacial score (nSPS) is 10.0. The molecule has 0 radical (unpaired) electrons. The maximum atomic E-state index is 11.1. The molecule has 3 heteroatoms. The molecule has 0 saturated heterocycles. The summed E-state index contributed by atoms with van der Waals surface area (Å²) in [6, 6.07) is 0. The molecule has 0 aliphatic rings. The summed E-state index contributed by atoms with van der Waals surface area (Å²) in [5, 5.41) is 0. The second-order valence-electron chi connectivity index (χ2n) is 2.82. The summed E-state index contributed by atoms with van der Waals surface area (Å²) in [5.74, 6) is -0.422. The zero-order chi connectivity index (χ0) is 9.56. The average molecular weight is 172 g/mol. The van der Waals surface area contributed by atoms with Crippen molar-refractivity contribution >= 4 is 11.8 Å². The van der Waals surface area contributed by atoms with Crippen LogP contribution in [0.2, 0.25) is 0 Å². The van der Waals surface area contributed by atoms with Crippen LogP contribution in [0.3, 0.4) is 0 Å². The smallest absolute Gasteiger partial charge is 0.309 e. The number of ether oxygens (including phenoxy) is 1. The number of ketones is 1. The van der Waals surface area contributed by atoms with Crippen molar-refractivity contribution in [2.45, 2.75) is 33.6 Å². The number of carbonyl (C=O) groups is 2. The van der Waals surface area contributed by atoms with E-state index in [1.165, 1.54) is 6.92 Å². The fourth-order valence-electron chi connectivity index (χ4n) is 0.913. The van der Waals surface area contributed by atoms with Gasteiger partial charge in [0.1, 0.15) is 6.61 Å². The fourth-order valence-corrected chi connectivity index (χ4v) is 0.913. The lowest BCUT2D eigenvalue weighted by atomic mass is 10.0. The van der Waals surface area contributed by atoms with Crippen molar-refractivity contribution in [2.75, 3.05) is 6.61 Å². The summed E-state index contributed by atoms with van der Waals surface area (Å²) in [4.78, 5) is 21.6. The molecule has 0 aliphatic carbocycles. The Bertz CT molecular complexity index is 159. The van der Waals surface area contributed by atoms with E-state index in [2.05, 4.69) is 0 Å². The minimum absolute atomic E-state index is 0.0515. The largest absolute Gasteiger partial charge is 0.457 e. The summed E-state index contributed by atoms with van der Waals surface area (Å²) >= 11 is 0. The third-order valence-electron chi connectivity index (χ3n) is 1.74. The molecule has 12 heavy (non-hydrogen) atoms. The Morgan fingerprint density at radius 3 is 2.08 bits per heavy atom. The molecule has 0 aliphatic heterocycles. The Kier molecular flexibility index (Phi) is 5.34. The van der Waals surface area contributed by atoms with Crippen LogP contribution < -0.4 is 0 Å². The molecule has 3 nitrogen and oxygen atoms in total. The highest BCUT2D eigenvalue weighted by Gasteiger charge is 2.15. The van der Waals surface area contributed by atoms with E-state index in [9.17, 15) is 9.59 Å². The van der Waals surface area contributed by atoms with Crippen LogP contribution in [0.15, 0.2) is 0 Å². The Hall–Kier alpha value is -0.860. The van der Waals surface area contributed by atoms with Crippen LogP contribution >= 0.6 is 0 Å². The molecule has 0 heterocycles. The molecule has 70 valence electrons. The van der Waals surface area contributed by atoms with Gasteiger partial charge in [-0.25, -0.2) is 0 Å². The molecule has 0 amide bonds. The Morgan fingerprint density at radius 2 is 1.75 bits per heavy atom. The highest BCUT2D eigenvalue weighted by Crippen LogP contribution is 2.09. The molecular weight excluding hydrogens is 156 g/mol. The SMILES string of the molecule is CCC(CC)C(=O)OCC(C)=O. The summed E-state index contributed by atoms with van der Waals surface area (Å²) in [6.45, 7) is 5.18. The van der Waals surface area contributed by atoms with E-state index < -0.39 is 0 Å². The number of carbonyl (C=O) groups excluding carboxylic acids is 2. The molecule has 0 unspecified atom stereocenters. The van der Waals surface area contributed by atoms with Crippen LogP contribution in [0.5, 0.6) is 0 Å². The third kappa shape index (κ3) is 4.11. The standard InChI is InChI=1S/C9H16O3/c1-4-8(5-2)9(11)12-6-7(3)10/h8H,4-6H2,1-3H3. The lowest BCUT2D eigenvalue weighted by Gasteiger charge is -2.10. The Morgan fingerprint density at radius 1 is 1.25 bits per heavy atom. The second kappa shape index (κ2) is 5.75. The average Bonchev–Trinajstić information content (AvgIpc) is 2.03. The minimum atomic E-state index is -0.254. The van der Waals surface area contributed by atoms with Gasteiger partial charge in [-0.1, -0.05) is 13.8 Å². The van der Waals surface area contributed by atoms with Gasteiger partial charge >= 0.3 is 5.97 Å². The molecule has 0 bridgehead atoms. The molecule has 0 atom stereocenters. The third-order valence-corrected chi connectivity index (χ3v) is 1.74. The highest BCUT2D eigenvalue weighted by atomic mass is 16.5. The number of rotatable bonds is 5. The molecule has 0 saturated carbocycles. The lowest BCUT2D eigenvalue weighted by molar-refractivity contribution is -0.151. The van der Waals surface area contributed by atoms with Crippen LogP contribution in [0, 0.1) is 5.92 Å². The minimum Gasteiger partial charge on any atom is -0.457 e. The number of Topliss-reactive ketones (excluding diaryl/α,β-unsaturated/α-hetero) is 1. The predicted molar refractivity (Wildman–Crippen MR) is 45.7 cm³/mol. The molecule has 0 fully saturated rings. The van der Waals surface area contributed by atoms with Gasteiger partial charge in [-0.05, 0) is 19.8 Å². The molecule has 0 spiro atoms. The maximum Gasteiger partial charge on any atom is 0.309 e. The van der Waals surface area contributed by atoms with E-state index in [4.69, 9.17) is 4.74 Å². The topological polar surface area (TPSA) is 43.4 Å². The van der Waals surface area contributed by atoms with Gasteiger partial charge in [0.05, 0.1) is 5.92 Å². The van der Waals surface area contributed by atoms with Crippen LogP contribution in [0.25, 0.3) is 0 Å². The van der Waals surface area contributed by atoms with Crippen molar-refractivity contribution in [3.05, 3.63) is 0 Å².